The molecule has 0 spiro atoms. The Bertz CT molecular complexity index is 414. The maximum atomic E-state index is 12.0. The quantitative estimate of drug-likeness (QED) is 0.831. The number of para-hydroxylation sites is 1. The third-order valence-electron chi connectivity index (χ3n) is 3.25. The van der Waals surface area contributed by atoms with E-state index in [-0.39, 0.29) is 5.91 Å². The fourth-order valence-corrected chi connectivity index (χ4v) is 2.22. The van der Waals surface area contributed by atoms with Crippen molar-refractivity contribution >= 4 is 5.91 Å². The van der Waals surface area contributed by atoms with Crippen LogP contribution in [0.15, 0.2) is 24.3 Å². The fourth-order valence-electron chi connectivity index (χ4n) is 2.22. The summed E-state index contributed by atoms with van der Waals surface area (Å²) in [5, 5.41) is 2.95. The molecule has 1 aliphatic rings. The van der Waals surface area contributed by atoms with Crippen LogP contribution in [0.1, 0.15) is 30.1 Å². The van der Waals surface area contributed by atoms with Crippen LogP contribution in [0.3, 0.4) is 0 Å². The molecule has 2 rings (SSSR count). The highest BCUT2D eigenvalue weighted by molar-refractivity contribution is 5.96. The van der Waals surface area contributed by atoms with Crippen LogP contribution in [-0.4, -0.2) is 25.1 Å². The van der Waals surface area contributed by atoms with E-state index in [9.17, 15) is 4.79 Å². The molecule has 1 saturated carbocycles. The molecular formula is C14H20N2O2. The molecule has 0 atom stereocenters. The molecule has 0 heterocycles. The number of rotatable bonds is 5. The van der Waals surface area contributed by atoms with Crippen molar-refractivity contribution < 1.29 is 9.53 Å². The maximum Gasteiger partial charge on any atom is 0.255 e. The molecule has 1 amide bonds. The Balaban J connectivity index is 1.91. The minimum atomic E-state index is -0.0699. The number of nitrogens with one attached hydrogen (secondary N) is 1. The van der Waals surface area contributed by atoms with Gasteiger partial charge in [0.1, 0.15) is 5.75 Å². The maximum absolute atomic E-state index is 12.0. The van der Waals surface area contributed by atoms with E-state index in [1.807, 2.05) is 25.1 Å². The fraction of sp³-hybridized carbons (Fsp3) is 0.500. The average molecular weight is 248 g/mol. The lowest BCUT2D eigenvalue weighted by atomic mass is 9.81. The molecule has 1 aromatic rings. The van der Waals surface area contributed by atoms with E-state index in [0.717, 1.165) is 12.8 Å². The van der Waals surface area contributed by atoms with Gasteiger partial charge in [-0.2, -0.15) is 0 Å². The third-order valence-corrected chi connectivity index (χ3v) is 3.25. The van der Waals surface area contributed by atoms with E-state index in [2.05, 4.69) is 5.32 Å². The SMILES string of the molecule is CCOc1ccccc1C(=O)NCC1CC(N)C1. The Morgan fingerprint density at radius 2 is 2.17 bits per heavy atom. The Morgan fingerprint density at radius 1 is 1.44 bits per heavy atom. The van der Waals surface area contributed by atoms with Crippen molar-refractivity contribution in [2.45, 2.75) is 25.8 Å². The predicted octanol–water partition coefficient (Wildman–Crippen LogP) is 1.55. The summed E-state index contributed by atoms with van der Waals surface area (Å²) in [7, 11) is 0. The molecule has 1 aromatic carbocycles. The Morgan fingerprint density at radius 3 is 2.83 bits per heavy atom. The zero-order chi connectivity index (χ0) is 13.0. The monoisotopic (exact) mass is 248 g/mol. The molecule has 1 aliphatic carbocycles. The standard InChI is InChI=1S/C14H20N2O2/c1-2-18-13-6-4-3-5-12(13)14(17)16-9-10-7-11(15)8-10/h3-6,10-11H,2,7-9,15H2,1H3,(H,16,17). The van der Waals surface area contributed by atoms with E-state index < -0.39 is 0 Å². The highest BCUT2D eigenvalue weighted by atomic mass is 16.5. The first-order valence-corrected chi connectivity index (χ1v) is 6.46. The smallest absolute Gasteiger partial charge is 0.255 e. The Hall–Kier alpha value is -1.55. The molecule has 0 saturated heterocycles. The van der Waals surface area contributed by atoms with Crippen molar-refractivity contribution in [1.29, 1.82) is 0 Å². The van der Waals surface area contributed by atoms with Crippen LogP contribution in [-0.2, 0) is 0 Å². The average Bonchev–Trinajstić information content (AvgIpc) is 2.34. The highest BCUT2D eigenvalue weighted by Crippen LogP contribution is 2.25. The van der Waals surface area contributed by atoms with E-state index in [1.54, 1.807) is 6.07 Å². The van der Waals surface area contributed by atoms with Crippen LogP contribution in [0.4, 0.5) is 0 Å². The molecule has 0 radical (unpaired) electrons. The van der Waals surface area contributed by atoms with Crippen LogP contribution in [0.25, 0.3) is 0 Å². The van der Waals surface area contributed by atoms with Crippen LogP contribution >= 0.6 is 0 Å². The first-order chi connectivity index (χ1) is 8.70. The summed E-state index contributed by atoms with van der Waals surface area (Å²) in [5.41, 5.74) is 6.32. The molecule has 98 valence electrons. The second-order valence-corrected chi connectivity index (χ2v) is 4.74. The van der Waals surface area contributed by atoms with Gasteiger partial charge in [-0.25, -0.2) is 0 Å². The van der Waals surface area contributed by atoms with Gasteiger partial charge in [0.15, 0.2) is 0 Å². The zero-order valence-corrected chi connectivity index (χ0v) is 10.7. The van der Waals surface area contributed by atoms with Crippen LogP contribution in [0.2, 0.25) is 0 Å². The molecule has 0 unspecified atom stereocenters. The Kier molecular flexibility index (Phi) is 4.20. The molecule has 0 bridgehead atoms. The molecule has 4 nitrogen and oxygen atoms in total. The molecule has 3 N–H and O–H groups in total. The van der Waals surface area contributed by atoms with E-state index >= 15 is 0 Å². The van der Waals surface area contributed by atoms with Gasteiger partial charge in [0.05, 0.1) is 12.2 Å². The normalized spacial score (nSPS) is 22.1. The summed E-state index contributed by atoms with van der Waals surface area (Å²) in [6, 6.07) is 7.64. The van der Waals surface area contributed by atoms with Crippen molar-refractivity contribution in [3.63, 3.8) is 0 Å². The lowest BCUT2D eigenvalue weighted by molar-refractivity contribution is 0.0931. The molecule has 18 heavy (non-hydrogen) atoms. The summed E-state index contributed by atoms with van der Waals surface area (Å²) < 4.78 is 5.44. The van der Waals surface area contributed by atoms with Crippen molar-refractivity contribution in [1.82, 2.24) is 5.32 Å². The summed E-state index contributed by atoms with van der Waals surface area (Å²) in [5.74, 6) is 1.10. The van der Waals surface area contributed by atoms with Crippen molar-refractivity contribution in [3.8, 4) is 5.75 Å². The minimum Gasteiger partial charge on any atom is -0.493 e. The van der Waals surface area contributed by atoms with Crippen molar-refractivity contribution in [2.75, 3.05) is 13.2 Å². The topological polar surface area (TPSA) is 64.3 Å². The minimum absolute atomic E-state index is 0.0699. The van der Waals surface area contributed by atoms with Gasteiger partial charge in [0.2, 0.25) is 0 Å². The van der Waals surface area contributed by atoms with Gasteiger partial charge in [-0.1, -0.05) is 12.1 Å². The van der Waals surface area contributed by atoms with Crippen LogP contribution < -0.4 is 15.8 Å². The van der Waals surface area contributed by atoms with Gasteiger partial charge < -0.3 is 15.8 Å². The number of carbonyl (C=O) groups excluding carboxylic acids is 1. The molecule has 1 fully saturated rings. The summed E-state index contributed by atoms with van der Waals surface area (Å²) in [4.78, 5) is 12.0. The number of nitrogens with two attached hydrogens (primary N) is 1. The van der Waals surface area contributed by atoms with E-state index in [4.69, 9.17) is 10.5 Å². The number of amides is 1. The van der Waals surface area contributed by atoms with Gasteiger partial charge in [-0.15, -0.1) is 0 Å². The van der Waals surface area contributed by atoms with Crippen molar-refractivity contribution in [3.05, 3.63) is 29.8 Å². The Labute approximate surface area is 108 Å². The molecular weight excluding hydrogens is 228 g/mol. The number of hydrogen-bond donors (Lipinski definition) is 2. The summed E-state index contributed by atoms with van der Waals surface area (Å²) in [6.45, 7) is 3.17. The van der Waals surface area contributed by atoms with Gasteiger partial charge in [-0.3, -0.25) is 4.79 Å². The van der Waals surface area contributed by atoms with Gasteiger partial charge in [-0.05, 0) is 37.8 Å². The van der Waals surface area contributed by atoms with E-state index in [0.29, 0.717) is 36.4 Å². The molecule has 0 aliphatic heterocycles. The van der Waals surface area contributed by atoms with Crippen LogP contribution in [0, 0.1) is 5.92 Å². The summed E-state index contributed by atoms with van der Waals surface area (Å²) >= 11 is 0. The van der Waals surface area contributed by atoms with Crippen LogP contribution in [0.5, 0.6) is 5.75 Å². The van der Waals surface area contributed by atoms with Gasteiger partial charge in [0, 0.05) is 12.6 Å². The van der Waals surface area contributed by atoms with Gasteiger partial charge in [0.25, 0.3) is 5.91 Å². The van der Waals surface area contributed by atoms with E-state index in [1.165, 1.54) is 0 Å². The zero-order valence-electron chi connectivity index (χ0n) is 10.7. The second-order valence-electron chi connectivity index (χ2n) is 4.74. The first-order valence-electron chi connectivity index (χ1n) is 6.46. The summed E-state index contributed by atoms with van der Waals surface area (Å²) in [6.07, 6.45) is 2.01. The molecule has 4 heteroatoms. The largest absolute Gasteiger partial charge is 0.493 e. The molecule has 0 aromatic heterocycles. The first kappa shape index (κ1) is 12.9. The predicted molar refractivity (Wildman–Crippen MR) is 70.6 cm³/mol. The van der Waals surface area contributed by atoms with Gasteiger partial charge >= 0.3 is 0 Å². The lowest BCUT2D eigenvalue weighted by Crippen LogP contribution is -2.42. The number of carbonyl (C=O) groups is 1. The van der Waals surface area contributed by atoms with Crippen molar-refractivity contribution in [2.24, 2.45) is 11.7 Å². The number of hydrogen-bond acceptors (Lipinski definition) is 3. The lowest BCUT2D eigenvalue weighted by Gasteiger charge is -2.32. The number of benzene rings is 1. The third kappa shape index (κ3) is 3.01. The number of ether oxygens (including phenoxy) is 1. The second kappa shape index (κ2) is 5.87. The highest BCUT2D eigenvalue weighted by Gasteiger charge is 2.26.